The van der Waals surface area contributed by atoms with Crippen LogP contribution in [0.2, 0.25) is 0 Å². The van der Waals surface area contributed by atoms with Crippen molar-refractivity contribution in [1.29, 1.82) is 0 Å². The van der Waals surface area contributed by atoms with E-state index < -0.39 is 0 Å². The lowest BCUT2D eigenvalue weighted by atomic mass is 10.4. The van der Waals surface area contributed by atoms with Crippen LogP contribution in [0.25, 0.3) is 0 Å². The second-order valence-corrected chi connectivity index (χ2v) is 1.80. The molecule has 0 fully saturated rings. The van der Waals surface area contributed by atoms with Crippen molar-refractivity contribution in [3.05, 3.63) is 12.7 Å². The fourth-order valence-corrected chi connectivity index (χ4v) is 0.601. The van der Waals surface area contributed by atoms with Gasteiger partial charge in [0.25, 0.3) is 0 Å². The highest BCUT2D eigenvalue weighted by Gasteiger charge is 1.86. The van der Waals surface area contributed by atoms with E-state index in [4.69, 9.17) is 5.73 Å². The van der Waals surface area contributed by atoms with E-state index in [2.05, 4.69) is 10.1 Å². The maximum Gasteiger partial charge on any atom is 0.137 e. The minimum Gasteiger partial charge on any atom is -0.330 e. The van der Waals surface area contributed by atoms with Crippen LogP contribution < -0.4 is 5.73 Å². The van der Waals surface area contributed by atoms with E-state index in [-0.39, 0.29) is 1.43 Å². The van der Waals surface area contributed by atoms with E-state index in [0.29, 0.717) is 6.54 Å². The zero-order valence-corrected chi connectivity index (χ0v) is 7.20. The minimum atomic E-state index is 0. The summed E-state index contributed by atoms with van der Waals surface area (Å²) in [4.78, 5) is 3.79. The van der Waals surface area contributed by atoms with E-state index in [9.17, 15) is 0 Å². The number of hydrogen-bond donors (Lipinski definition) is 1. The average Bonchev–Trinajstić information content (AvgIpc) is 2.57. The Hall–Kier alpha value is -0.900. The number of aryl methyl sites for hydroxylation is 1. The highest BCUT2D eigenvalue weighted by molar-refractivity contribution is 4.55. The van der Waals surface area contributed by atoms with Gasteiger partial charge in [0, 0.05) is 7.97 Å². The van der Waals surface area contributed by atoms with Gasteiger partial charge in [-0.25, -0.2) is 4.98 Å². The first kappa shape index (κ1) is 10.1. The van der Waals surface area contributed by atoms with Crippen molar-refractivity contribution in [1.82, 2.24) is 14.8 Å². The standard InChI is InChI=1S/C5H10N4.C2H6.H2/c6-2-1-3-9-5-7-4-8-9;1-2;/h4-5H,1-3,6H2;1-2H3;1H. The number of rotatable bonds is 3. The van der Waals surface area contributed by atoms with E-state index in [1.165, 1.54) is 6.33 Å². The van der Waals surface area contributed by atoms with E-state index in [1.54, 1.807) is 11.0 Å². The third-order valence-corrected chi connectivity index (χ3v) is 1.06. The van der Waals surface area contributed by atoms with Gasteiger partial charge in [-0.2, -0.15) is 5.10 Å². The summed E-state index contributed by atoms with van der Waals surface area (Å²) in [6.45, 7) is 5.58. The van der Waals surface area contributed by atoms with Crippen molar-refractivity contribution < 1.29 is 1.43 Å². The third kappa shape index (κ3) is 4.50. The molecule has 0 bridgehead atoms. The van der Waals surface area contributed by atoms with E-state index in [0.717, 1.165) is 13.0 Å². The SMILES string of the molecule is CC.NCCCn1cncn1.[HH]. The summed E-state index contributed by atoms with van der Waals surface area (Å²) in [5.41, 5.74) is 5.28. The molecule has 0 aliphatic heterocycles. The third-order valence-electron chi connectivity index (χ3n) is 1.06. The quantitative estimate of drug-likeness (QED) is 0.711. The lowest BCUT2D eigenvalue weighted by Gasteiger charge is -1.94. The second kappa shape index (κ2) is 7.21. The van der Waals surface area contributed by atoms with E-state index >= 15 is 0 Å². The molecule has 1 heterocycles. The Kier molecular flexibility index (Phi) is 6.62. The second-order valence-electron chi connectivity index (χ2n) is 1.80. The van der Waals surface area contributed by atoms with Crippen molar-refractivity contribution in [2.24, 2.45) is 5.73 Å². The molecule has 0 radical (unpaired) electrons. The summed E-state index contributed by atoms with van der Waals surface area (Å²) >= 11 is 0. The lowest BCUT2D eigenvalue weighted by Crippen LogP contribution is -2.05. The summed E-state index contributed by atoms with van der Waals surface area (Å²) in [7, 11) is 0. The van der Waals surface area contributed by atoms with Crippen LogP contribution in [0.5, 0.6) is 0 Å². The summed E-state index contributed by atoms with van der Waals surface area (Å²) in [6, 6.07) is 0. The van der Waals surface area contributed by atoms with Gasteiger partial charge in [-0.15, -0.1) is 0 Å². The molecule has 1 aromatic heterocycles. The Morgan fingerprint density at radius 2 is 2.27 bits per heavy atom. The Bertz CT molecular complexity index is 152. The molecule has 0 aliphatic rings. The van der Waals surface area contributed by atoms with Crippen LogP contribution in [0.4, 0.5) is 0 Å². The average molecular weight is 158 g/mol. The number of aromatic nitrogens is 3. The predicted molar refractivity (Wildman–Crippen MR) is 47.2 cm³/mol. The van der Waals surface area contributed by atoms with Gasteiger partial charge in [-0.3, -0.25) is 4.68 Å². The predicted octanol–water partition coefficient (Wildman–Crippen LogP) is 0.899. The molecule has 66 valence electrons. The maximum absolute atomic E-state index is 5.28. The Balaban J connectivity index is 0. The van der Waals surface area contributed by atoms with Gasteiger partial charge in [0.15, 0.2) is 0 Å². The molecular formula is C7H18N4. The Morgan fingerprint density at radius 1 is 1.55 bits per heavy atom. The fraction of sp³-hybridized carbons (Fsp3) is 0.714. The van der Waals surface area contributed by atoms with Gasteiger partial charge < -0.3 is 5.73 Å². The van der Waals surface area contributed by atoms with Crippen LogP contribution in [0.1, 0.15) is 21.7 Å². The molecule has 0 atom stereocenters. The summed E-state index contributed by atoms with van der Waals surface area (Å²) in [5, 5.41) is 3.90. The van der Waals surface area contributed by atoms with Crippen LogP contribution >= 0.6 is 0 Å². The Labute approximate surface area is 68.9 Å². The monoisotopic (exact) mass is 158 g/mol. The number of nitrogens with two attached hydrogens (primary N) is 1. The van der Waals surface area contributed by atoms with Crippen LogP contribution in [0.3, 0.4) is 0 Å². The van der Waals surface area contributed by atoms with Crippen molar-refractivity contribution in [3.63, 3.8) is 0 Å². The summed E-state index contributed by atoms with van der Waals surface area (Å²) in [6.07, 6.45) is 4.18. The molecule has 0 spiro atoms. The Morgan fingerprint density at radius 3 is 2.73 bits per heavy atom. The van der Waals surface area contributed by atoms with Crippen molar-refractivity contribution in [2.45, 2.75) is 26.8 Å². The molecule has 11 heavy (non-hydrogen) atoms. The van der Waals surface area contributed by atoms with Crippen LogP contribution in [-0.4, -0.2) is 21.3 Å². The zero-order valence-electron chi connectivity index (χ0n) is 7.20. The topological polar surface area (TPSA) is 56.7 Å². The van der Waals surface area contributed by atoms with Gasteiger partial charge in [-0.1, -0.05) is 13.8 Å². The molecule has 4 heteroatoms. The van der Waals surface area contributed by atoms with Gasteiger partial charge in [-0.05, 0) is 13.0 Å². The van der Waals surface area contributed by atoms with Gasteiger partial charge in [0.05, 0.1) is 0 Å². The molecule has 2 N–H and O–H groups in total. The molecule has 0 saturated carbocycles. The highest BCUT2D eigenvalue weighted by Crippen LogP contribution is 1.82. The first-order valence-corrected chi connectivity index (χ1v) is 3.96. The molecular weight excluding hydrogens is 140 g/mol. The molecule has 0 unspecified atom stereocenters. The van der Waals surface area contributed by atoms with Gasteiger partial charge in [0.1, 0.15) is 12.7 Å². The highest BCUT2D eigenvalue weighted by atomic mass is 15.3. The van der Waals surface area contributed by atoms with E-state index in [1.807, 2.05) is 13.8 Å². The lowest BCUT2D eigenvalue weighted by molar-refractivity contribution is 0.583. The van der Waals surface area contributed by atoms with Crippen molar-refractivity contribution in [3.8, 4) is 0 Å². The summed E-state index contributed by atoms with van der Waals surface area (Å²) < 4.78 is 1.77. The number of nitrogens with zero attached hydrogens (tertiary/aromatic N) is 3. The molecule has 0 aromatic carbocycles. The zero-order chi connectivity index (χ0) is 8.53. The van der Waals surface area contributed by atoms with Gasteiger partial charge >= 0.3 is 0 Å². The van der Waals surface area contributed by atoms with Gasteiger partial charge in [0.2, 0.25) is 0 Å². The molecule has 0 amide bonds. The van der Waals surface area contributed by atoms with Crippen LogP contribution in [0.15, 0.2) is 12.7 Å². The molecule has 0 aliphatic carbocycles. The van der Waals surface area contributed by atoms with Crippen LogP contribution in [-0.2, 0) is 6.54 Å². The minimum absolute atomic E-state index is 0. The smallest absolute Gasteiger partial charge is 0.137 e. The number of hydrogen-bond acceptors (Lipinski definition) is 3. The largest absolute Gasteiger partial charge is 0.330 e. The van der Waals surface area contributed by atoms with Crippen LogP contribution in [0, 0.1) is 0 Å². The fourth-order valence-electron chi connectivity index (χ4n) is 0.601. The summed E-state index contributed by atoms with van der Waals surface area (Å²) in [5.74, 6) is 0. The maximum atomic E-state index is 5.28. The first-order chi connectivity index (χ1) is 5.43. The van der Waals surface area contributed by atoms with Crippen molar-refractivity contribution in [2.75, 3.05) is 6.54 Å². The molecule has 1 aromatic rings. The molecule has 4 nitrogen and oxygen atoms in total. The normalized spacial score (nSPS) is 8.64. The molecule has 1 rings (SSSR count). The first-order valence-electron chi connectivity index (χ1n) is 3.96. The molecule has 0 saturated heterocycles. The van der Waals surface area contributed by atoms with Crippen molar-refractivity contribution >= 4 is 0 Å².